The third-order valence-corrected chi connectivity index (χ3v) is 4.89. The Balaban J connectivity index is 1.82. The Hall–Kier alpha value is -0.810. The molecule has 2 rings (SSSR count). The number of carbonyl (C=O) groups excluding carboxylic acids is 1. The van der Waals surface area contributed by atoms with E-state index in [0.29, 0.717) is 22.5 Å². The minimum Gasteiger partial charge on any atom is -0.396 e. The summed E-state index contributed by atoms with van der Waals surface area (Å²) in [6, 6.07) is 5.27. The van der Waals surface area contributed by atoms with Gasteiger partial charge in [0.05, 0.1) is 22.6 Å². The topological polar surface area (TPSA) is 52.6 Å². The van der Waals surface area contributed by atoms with Gasteiger partial charge in [-0.2, -0.15) is 0 Å². The molecule has 122 valence electrons. The SMILES string of the molecule is CC(NC(=O)CN1CCC(CO)CC1)c1ccc(Cl)c(Cl)c1. The fraction of sp³-hybridized carbons (Fsp3) is 0.562. The summed E-state index contributed by atoms with van der Waals surface area (Å²) in [7, 11) is 0. The number of aliphatic hydroxyl groups excluding tert-OH is 1. The minimum absolute atomic E-state index is 0.000945. The Labute approximate surface area is 141 Å². The predicted octanol–water partition coefficient (Wildman–Crippen LogP) is 2.87. The van der Waals surface area contributed by atoms with E-state index in [2.05, 4.69) is 10.2 Å². The first-order valence-corrected chi connectivity index (χ1v) is 8.32. The molecule has 1 fully saturated rings. The molecule has 0 aliphatic carbocycles. The van der Waals surface area contributed by atoms with Crippen molar-refractivity contribution in [3.63, 3.8) is 0 Å². The molecule has 0 spiro atoms. The minimum atomic E-state index is -0.114. The molecule has 1 heterocycles. The summed E-state index contributed by atoms with van der Waals surface area (Å²) < 4.78 is 0. The van der Waals surface area contributed by atoms with Gasteiger partial charge in [-0.1, -0.05) is 29.3 Å². The molecular formula is C16H22Cl2N2O2. The quantitative estimate of drug-likeness (QED) is 0.863. The van der Waals surface area contributed by atoms with Crippen molar-refractivity contribution >= 4 is 29.1 Å². The van der Waals surface area contributed by atoms with E-state index < -0.39 is 0 Å². The first-order chi connectivity index (χ1) is 10.5. The highest BCUT2D eigenvalue weighted by Crippen LogP contribution is 2.25. The molecular weight excluding hydrogens is 323 g/mol. The summed E-state index contributed by atoms with van der Waals surface area (Å²) in [5.74, 6) is 0.385. The van der Waals surface area contributed by atoms with Gasteiger partial charge in [-0.3, -0.25) is 9.69 Å². The van der Waals surface area contributed by atoms with Crippen LogP contribution in [0, 0.1) is 5.92 Å². The lowest BCUT2D eigenvalue weighted by atomic mass is 9.98. The zero-order valence-corrected chi connectivity index (χ0v) is 14.2. The summed E-state index contributed by atoms with van der Waals surface area (Å²) >= 11 is 11.9. The van der Waals surface area contributed by atoms with Crippen LogP contribution in [0.15, 0.2) is 18.2 Å². The highest BCUT2D eigenvalue weighted by atomic mass is 35.5. The van der Waals surface area contributed by atoms with Crippen LogP contribution < -0.4 is 5.32 Å². The van der Waals surface area contributed by atoms with Crippen LogP contribution in [0.3, 0.4) is 0 Å². The second-order valence-corrected chi connectivity index (χ2v) is 6.68. The number of carbonyl (C=O) groups is 1. The molecule has 0 radical (unpaired) electrons. The maximum absolute atomic E-state index is 12.1. The van der Waals surface area contributed by atoms with Gasteiger partial charge in [0.15, 0.2) is 0 Å². The maximum Gasteiger partial charge on any atom is 0.234 e. The Bertz CT molecular complexity index is 517. The molecule has 1 aliphatic rings. The Morgan fingerprint density at radius 2 is 2.05 bits per heavy atom. The molecule has 1 unspecified atom stereocenters. The molecule has 6 heteroatoms. The van der Waals surface area contributed by atoms with Gasteiger partial charge >= 0.3 is 0 Å². The molecule has 4 nitrogen and oxygen atoms in total. The number of rotatable bonds is 5. The van der Waals surface area contributed by atoms with Crippen molar-refractivity contribution in [3.05, 3.63) is 33.8 Å². The molecule has 1 saturated heterocycles. The molecule has 0 bridgehead atoms. The van der Waals surface area contributed by atoms with E-state index in [1.54, 1.807) is 12.1 Å². The van der Waals surface area contributed by atoms with E-state index in [-0.39, 0.29) is 18.6 Å². The van der Waals surface area contributed by atoms with Crippen LogP contribution in [-0.4, -0.2) is 42.2 Å². The largest absolute Gasteiger partial charge is 0.396 e. The molecule has 1 aromatic rings. The van der Waals surface area contributed by atoms with E-state index in [9.17, 15) is 4.79 Å². The van der Waals surface area contributed by atoms with E-state index in [4.69, 9.17) is 28.3 Å². The highest BCUT2D eigenvalue weighted by Gasteiger charge is 2.21. The van der Waals surface area contributed by atoms with Gasteiger partial charge < -0.3 is 10.4 Å². The number of benzene rings is 1. The van der Waals surface area contributed by atoms with Gasteiger partial charge in [0.1, 0.15) is 0 Å². The number of nitrogens with one attached hydrogen (secondary N) is 1. The van der Waals surface area contributed by atoms with Gasteiger partial charge in [-0.15, -0.1) is 0 Å². The van der Waals surface area contributed by atoms with E-state index >= 15 is 0 Å². The monoisotopic (exact) mass is 344 g/mol. The van der Waals surface area contributed by atoms with Crippen LogP contribution in [-0.2, 0) is 4.79 Å². The Morgan fingerprint density at radius 1 is 1.36 bits per heavy atom. The van der Waals surface area contributed by atoms with Crippen LogP contribution in [0.1, 0.15) is 31.4 Å². The first kappa shape index (κ1) is 17.5. The number of aliphatic hydroxyl groups is 1. The zero-order chi connectivity index (χ0) is 16.1. The van der Waals surface area contributed by atoms with E-state index in [1.807, 2.05) is 13.0 Å². The van der Waals surface area contributed by atoms with Crippen LogP contribution >= 0.6 is 23.2 Å². The summed E-state index contributed by atoms with van der Waals surface area (Å²) in [5.41, 5.74) is 0.932. The van der Waals surface area contributed by atoms with Crippen LogP contribution in [0.5, 0.6) is 0 Å². The molecule has 1 atom stereocenters. The summed E-state index contributed by atoms with van der Waals surface area (Å²) in [6.07, 6.45) is 1.90. The third kappa shape index (κ3) is 4.85. The van der Waals surface area contributed by atoms with Crippen molar-refractivity contribution in [2.75, 3.05) is 26.2 Å². The molecule has 1 aliphatic heterocycles. The summed E-state index contributed by atoms with van der Waals surface area (Å²) in [4.78, 5) is 14.3. The van der Waals surface area contributed by atoms with Crippen molar-refractivity contribution in [3.8, 4) is 0 Å². The number of amides is 1. The van der Waals surface area contributed by atoms with Gasteiger partial charge in [-0.25, -0.2) is 0 Å². The van der Waals surface area contributed by atoms with Gasteiger partial charge in [0, 0.05) is 6.61 Å². The maximum atomic E-state index is 12.1. The Kier molecular flexibility index (Phi) is 6.50. The predicted molar refractivity (Wildman–Crippen MR) is 89.3 cm³/mol. The summed E-state index contributed by atoms with van der Waals surface area (Å²) in [6.45, 7) is 4.28. The lowest BCUT2D eigenvalue weighted by molar-refractivity contribution is -0.123. The van der Waals surface area contributed by atoms with Crippen molar-refractivity contribution in [2.45, 2.75) is 25.8 Å². The number of nitrogens with zero attached hydrogens (tertiary/aromatic N) is 1. The van der Waals surface area contributed by atoms with Crippen molar-refractivity contribution in [2.24, 2.45) is 5.92 Å². The van der Waals surface area contributed by atoms with Crippen molar-refractivity contribution in [1.82, 2.24) is 10.2 Å². The van der Waals surface area contributed by atoms with Gasteiger partial charge in [-0.05, 0) is 56.5 Å². The van der Waals surface area contributed by atoms with Crippen LogP contribution in [0.4, 0.5) is 0 Å². The number of likely N-dealkylation sites (tertiary alicyclic amines) is 1. The highest BCUT2D eigenvalue weighted by molar-refractivity contribution is 6.42. The smallest absolute Gasteiger partial charge is 0.234 e. The molecule has 0 aromatic heterocycles. The lowest BCUT2D eigenvalue weighted by Crippen LogP contribution is -2.42. The molecule has 1 aromatic carbocycles. The average molecular weight is 345 g/mol. The van der Waals surface area contributed by atoms with Crippen LogP contribution in [0.2, 0.25) is 10.0 Å². The average Bonchev–Trinajstić information content (AvgIpc) is 2.50. The zero-order valence-electron chi connectivity index (χ0n) is 12.7. The molecule has 22 heavy (non-hydrogen) atoms. The standard InChI is InChI=1S/C16H22Cl2N2O2/c1-11(13-2-3-14(17)15(18)8-13)19-16(22)9-20-6-4-12(10-21)5-7-20/h2-3,8,11-12,21H,4-7,9-10H2,1H3,(H,19,22). The van der Waals surface area contributed by atoms with E-state index in [1.165, 1.54) is 0 Å². The fourth-order valence-corrected chi connectivity index (χ4v) is 2.99. The molecule has 0 saturated carbocycles. The van der Waals surface area contributed by atoms with Crippen molar-refractivity contribution in [1.29, 1.82) is 0 Å². The van der Waals surface area contributed by atoms with Crippen molar-refractivity contribution < 1.29 is 9.90 Å². The molecule has 2 N–H and O–H groups in total. The van der Waals surface area contributed by atoms with E-state index in [0.717, 1.165) is 31.5 Å². The Morgan fingerprint density at radius 3 is 2.64 bits per heavy atom. The van der Waals surface area contributed by atoms with Gasteiger partial charge in [0.25, 0.3) is 0 Å². The van der Waals surface area contributed by atoms with Gasteiger partial charge in [0.2, 0.25) is 5.91 Å². The lowest BCUT2D eigenvalue weighted by Gasteiger charge is -2.30. The number of halogens is 2. The number of piperidine rings is 1. The number of hydrogen-bond acceptors (Lipinski definition) is 3. The summed E-state index contributed by atoms with van der Waals surface area (Å²) in [5, 5.41) is 13.1. The normalized spacial score (nSPS) is 18.2. The fourth-order valence-electron chi connectivity index (χ4n) is 2.68. The molecule has 1 amide bonds. The second-order valence-electron chi connectivity index (χ2n) is 5.86. The van der Waals surface area contributed by atoms with Crippen LogP contribution in [0.25, 0.3) is 0 Å². The third-order valence-electron chi connectivity index (χ3n) is 4.15. The number of hydrogen-bond donors (Lipinski definition) is 2. The second kappa shape index (κ2) is 8.16. The first-order valence-electron chi connectivity index (χ1n) is 7.57.